The first-order chi connectivity index (χ1) is 6.40. The predicted octanol–water partition coefficient (Wildman–Crippen LogP) is 2.83. The summed E-state index contributed by atoms with van der Waals surface area (Å²) in [6, 6.07) is 0. The molecule has 6 heteroatoms. The molecule has 0 amide bonds. The molecule has 0 aliphatic heterocycles. The molecule has 0 aromatic carbocycles. The van der Waals surface area contributed by atoms with Gasteiger partial charge < -0.3 is 5.11 Å². The lowest BCUT2D eigenvalue weighted by Gasteiger charge is -2.10. The Labute approximate surface area is 83.4 Å². The van der Waals surface area contributed by atoms with Crippen molar-refractivity contribution in [3.05, 3.63) is 16.1 Å². The van der Waals surface area contributed by atoms with E-state index in [2.05, 4.69) is 4.98 Å². The first-order valence-corrected chi connectivity index (χ1v) is 4.93. The number of aryl methyl sites for hydroxylation is 1. The summed E-state index contributed by atoms with van der Waals surface area (Å²) in [5.74, 6) is 0. The smallest absolute Gasteiger partial charge is 0.388 e. The number of hydrogen-bond donors (Lipinski definition) is 1. The largest absolute Gasteiger partial charge is 0.389 e. The van der Waals surface area contributed by atoms with Crippen LogP contribution >= 0.6 is 11.3 Å². The molecule has 1 rings (SSSR count). The van der Waals surface area contributed by atoms with Gasteiger partial charge in [-0.1, -0.05) is 0 Å². The third-order valence-electron chi connectivity index (χ3n) is 1.79. The summed E-state index contributed by atoms with van der Waals surface area (Å²) in [6.45, 7) is 1.67. The molecule has 0 fully saturated rings. The maximum Gasteiger partial charge on any atom is 0.389 e. The average molecular weight is 225 g/mol. The molecule has 1 unspecified atom stereocenters. The minimum atomic E-state index is -4.21. The van der Waals surface area contributed by atoms with Crippen molar-refractivity contribution in [2.75, 3.05) is 0 Å². The number of alkyl halides is 3. The van der Waals surface area contributed by atoms with Crippen molar-refractivity contribution in [1.82, 2.24) is 4.98 Å². The lowest BCUT2D eigenvalue weighted by molar-refractivity contribution is -0.140. The summed E-state index contributed by atoms with van der Waals surface area (Å²) in [5, 5.41) is 9.42. The quantitative estimate of drug-likeness (QED) is 0.858. The zero-order valence-corrected chi connectivity index (χ0v) is 8.32. The number of thiazole rings is 1. The van der Waals surface area contributed by atoms with Gasteiger partial charge in [-0.3, -0.25) is 0 Å². The van der Waals surface area contributed by atoms with Crippen LogP contribution in [0.1, 0.15) is 29.5 Å². The van der Waals surface area contributed by atoms with E-state index in [1.165, 1.54) is 16.8 Å². The Morgan fingerprint density at radius 2 is 2.21 bits per heavy atom. The fraction of sp³-hybridized carbons (Fsp3) is 0.625. The molecule has 1 aromatic rings. The number of hydrogen-bond acceptors (Lipinski definition) is 3. The molecule has 0 saturated heterocycles. The third kappa shape index (κ3) is 3.26. The summed E-state index contributed by atoms with van der Waals surface area (Å²) in [5.41, 5.74) is 2.12. The van der Waals surface area contributed by atoms with Crippen LogP contribution in [0.3, 0.4) is 0 Å². The second-order valence-corrected chi connectivity index (χ2v) is 3.86. The van der Waals surface area contributed by atoms with Crippen LogP contribution in [0, 0.1) is 6.92 Å². The van der Waals surface area contributed by atoms with E-state index in [1.807, 2.05) is 0 Å². The van der Waals surface area contributed by atoms with Crippen LogP contribution in [0.2, 0.25) is 0 Å². The summed E-state index contributed by atoms with van der Waals surface area (Å²) in [7, 11) is 0. The Balaban J connectivity index is 2.51. The molecule has 0 radical (unpaired) electrons. The third-order valence-corrected chi connectivity index (χ3v) is 2.82. The van der Waals surface area contributed by atoms with Crippen molar-refractivity contribution in [1.29, 1.82) is 0 Å². The Morgan fingerprint density at radius 1 is 1.57 bits per heavy atom. The molecule has 1 aromatic heterocycles. The van der Waals surface area contributed by atoms with Gasteiger partial charge in [-0.05, 0) is 13.3 Å². The van der Waals surface area contributed by atoms with E-state index in [0.29, 0.717) is 10.6 Å². The highest BCUT2D eigenvalue weighted by Gasteiger charge is 2.28. The van der Waals surface area contributed by atoms with E-state index >= 15 is 0 Å². The van der Waals surface area contributed by atoms with Gasteiger partial charge in [0, 0.05) is 6.42 Å². The van der Waals surface area contributed by atoms with Crippen LogP contribution in [0.4, 0.5) is 13.2 Å². The van der Waals surface area contributed by atoms with Crippen molar-refractivity contribution in [2.45, 2.75) is 32.0 Å². The topological polar surface area (TPSA) is 33.1 Å². The predicted molar refractivity (Wildman–Crippen MR) is 47.1 cm³/mol. The lowest BCUT2D eigenvalue weighted by Crippen LogP contribution is -2.09. The SMILES string of the molecule is Cc1ncsc1C(O)CCC(F)(F)F. The highest BCUT2D eigenvalue weighted by Crippen LogP contribution is 2.30. The van der Waals surface area contributed by atoms with Crippen LogP contribution in [0.5, 0.6) is 0 Å². The van der Waals surface area contributed by atoms with Crippen LogP contribution in [-0.4, -0.2) is 16.3 Å². The molecular weight excluding hydrogens is 215 g/mol. The summed E-state index contributed by atoms with van der Waals surface area (Å²) in [6.07, 6.45) is -6.53. The standard InChI is InChI=1S/C8H10F3NOS/c1-5-7(14-4-12-5)6(13)2-3-8(9,10)11/h4,6,13H,2-3H2,1H3. The minimum Gasteiger partial charge on any atom is -0.388 e. The van der Waals surface area contributed by atoms with Gasteiger partial charge in [-0.2, -0.15) is 13.2 Å². The Bertz CT molecular complexity index is 297. The molecule has 0 aliphatic rings. The van der Waals surface area contributed by atoms with Gasteiger partial charge in [0.1, 0.15) is 0 Å². The second-order valence-electron chi connectivity index (χ2n) is 2.97. The maximum atomic E-state index is 11.8. The van der Waals surface area contributed by atoms with Gasteiger partial charge in [-0.25, -0.2) is 4.98 Å². The zero-order chi connectivity index (χ0) is 10.8. The van der Waals surface area contributed by atoms with Gasteiger partial charge in [0.25, 0.3) is 0 Å². The van der Waals surface area contributed by atoms with Crippen LogP contribution in [0.15, 0.2) is 5.51 Å². The van der Waals surface area contributed by atoms with E-state index in [9.17, 15) is 18.3 Å². The Kier molecular flexibility index (Phi) is 3.49. The molecule has 1 N–H and O–H groups in total. The van der Waals surface area contributed by atoms with Gasteiger partial charge in [0.2, 0.25) is 0 Å². The highest BCUT2D eigenvalue weighted by atomic mass is 32.1. The van der Waals surface area contributed by atoms with Crippen LogP contribution in [0.25, 0.3) is 0 Å². The number of aromatic nitrogens is 1. The Morgan fingerprint density at radius 3 is 2.64 bits per heavy atom. The molecule has 0 spiro atoms. The van der Waals surface area contributed by atoms with Gasteiger partial charge in [0.15, 0.2) is 0 Å². The molecule has 80 valence electrons. The highest BCUT2D eigenvalue weighted by molar-refractivity contribution is 7.09. The van der Waals surface area contributed by atoms with E-state index in [1.54, 1.807) is 6.92 Å². The fourth-order valence-electron chi connectivity index (χ4n) is 1.06. The molecule has 14 heavy (non-hydrogen) atoms. The number of rotatable bonds is 3. The van der Waals surface area contributed by atoms with Gasteiger partial charge >= 0.3 is 6.18 Å². The van der Waals surface area contributed by atoms with Crippen molar-refractivity contribution >= 4 is 11.3 Å². The van der Waals surface area contributed by atoms with Crippen molar-refractivity contribution in [2.24, 2.45) is 0 Å². The van der Waals surface area contributed by atoms with Crippen molar-refractivity contribution in [3.63, 3.8) is 0 Å². The van der Waals surface area contributed by atoms with E-state index < -0.39 is 18.7 Å². The summed E-state index contributed by atoms with van der Waals surface area (Å²) >= 11 is 1.18. The first-order valence-electron chi connectivity index (χ1n) is 4.05. The molecular formula is C8H10F3NOS. The van der Waals surface area contributed by atoms with E-state index in [0.717, 1.165) is 0 Å². The van der Waals surface area contributed by atoms with E-state index in [-0.39, 0.29) is 6.42 Å². The normalized spacial score (nSPS) is 14.4. The van der Waals surface area contributed by atoms with Crippen LogP contribution < -0.4 is 0 Å². The fourth-order valence-corrected chi connectivity index (χ4v) is 1.88. The van der Waals surface area contributed by atoms with Crippen LogP contribution in [-0.2, 0) is 0 Å². The molecule has 0 aliphatic carbocycles. The van der Waals surface area contributed by atoms with Gasteiger partial charge in [-0.15, -0.1) is 11.3 Å². The summed E-state index contributed by atoms with van der Waals surface area (Å²) in [4.78, 5) is 4.38. The number of nitrogens with zero attached hydrogens (tertiary/aromatic N) is 1. The Hall–Kier alpha value is -0.620. The number of aliphatic hydroxyl groups is 1. The molecule has 0 saturated carbocycles. The number of aliphatic hydroxyl groups excluding tert-OH is 1. The van der Waals surface area contributed by atoms with E-state index in [4.69, 9.17) is 0 Å². The average Bonchev–Trinajstić information content (AvgIpc) is 2.46. The van der Waals surface area contributed by atoms with Crippen molar-refractivity contribution < 1.29 is 18.3 Å². The first kappa shape index (κ1) is 11.5. The maximum absolute atomic E-state index is 11.8. The summed E-state index contributed by atoms with van der Waals surface area (Å²) < 4.78 is 35.5. The molecule has 0 bridgehead atoms. The molecule has 2 nitrogen and oxygen atoms in total. The number of halogens is 3. The van der Waals surface area contributed by atoms with Gasteiger partial charge in [0.05, 0.1) is 22.2 Å². The monoisotopic (exact) mass is 225 g/mol. The minimum absolute atomic E-state index is 0.299. The molecule has 1 heterocycles. The van der Waals surface area contributed by atoms with Crippen molar-refractivity contribution in [3.8, 4) is 0 Å². The second kappa shape index (κ2) is 4.27. The zero-order valence-electron chi connectivity index (χ0n) is 7.51. The molecule has 1 atom stereocenters. The lowest BCUT2D eigenvalue weighted by atomic mass is 10.1.